The summed E-state index contributed by atoms with van der Waals surface area (Å²) in [5.74, 6) is -1.50. The summed E-state index contributed by atoms with van der Waals surface area (Å²) in [5.41, 5.74) is 0. The molecule has 1 aliphatic carbocycles. The number of aliphatic carboxylic acids is 1. The van der Waals surface area contributed by atoms with Crippen molar-refractivity contribution in [1.29, 1.82) is 0 Å². The van der Waals surface area contributed by atoms with Gasteiger partial charge in [0.2, 0.25) is 11.8 Å². The van der Waals surface area contributed by atoms with E-state index in [1.165, 1.54) is 4.90 Å². The van der Waals surface area contributed by atoms with Crippen LogP contribution >= 0.6 is 0 Å². The monoisotopic (exact) mass is 284 g/mol. The summed E-state index contributed by atoms with van der Waals surface area (Å²) < 4.78 is 0. The highest BCUT2D eigenvalue weighted by atomic mass is 16.4. The van der Waals surface area contributed by atoms with Gasteiger partial charge in [0.25, 0.3) is 0 Å². The van der Waals surface area contributed by atoms with Crippen molar-refractivity contribution in [2.45, 2.75) is 58.5 Å². The fourth-order valence-electron chi connectivity index (χ4n) is 2.49. The zero-order valence-electron chi connectivity index (χ0n) is 12.4. The number of rotatable bonds is 6. The Morgan fingerprint density at radius 3 is 2.20 bits per heavy atom. The molecular weight excluding hydrogens is 260 g/mol. The first-order valence-corrected chi connectivity index (χ1v) is 7.15. The van der Waals surface area contributed by atoms with Gasteiger partial charge >= 0.3 is 5.97 Å². The molecule has 0 bridgehead atoms. The number of nitrogens with one attached hydrogen (secondary N) is 1. The van der Waals surface area contributed by atoms with Crippen LogP contribution in [0.4, 0.5) is 0 Å². The third-order valence-corrected chi connectivity index (χ3v) is 3.67. The lowest BCUT2D eigenvalue weighted by atomic mass is 10.1. The summed E-state index contributed by atoms with van der Waals surface area (Å²) in [5, 5.41) is 11.5. The molecular formula is C14H24N2O4. The molecule has 1 aliphatic rings. The number of carboxylic acid groups (broad SMARTS) is 1. The van der Waals surface area contributed by atoms with Crippen LogP contribution in [-0.2, 0) is 14.4 Å². The average molecular weight is 284 g/mol. The number of amides is 2. The van der Waals surface area contributed by atoms with Gasteiger partial charge in [-0.15, -0.1) is 0 Å². The van der Waals surface area contributed by atoms with E-state index in [0.717, 1.165) is 25.7 Å². The Morgan fingerprint density at radius 2 is 1.75 bits per heavy atom. The summed E-state index contributed by atoms with van der Waals surface area (Å²) >= 11 is 0. The Bertz CT molecular complexity index is 375. The standard InChI is InChI=1S/C14H24N2O4/c1-9(2)16(8-12(17)18)14(20)10(3)15-13(19)11-6-4-5-7-11/h9-11H,4-8H2,1-3H3,(H,15,19)(H,17,18). The number of hydrogen-bond donors (Lipinski definition) is 2. The molecule has 0 radical (unpaired) electrons. The van der Waals surface area contributed by atoms with Gasteiger partial charge in [-0.3, -0.25) is 14.4 Å². The van der Waals surface area contributed by atoms with Crippen molar-refractivity contribution < 1.29 is 19.5 Å². The lowest BCUT2D eigenvalue weighted by molar-refractivity contribution is -0.147. The van der Waals surface area contributed by atoms with Gasteiger partial charge in [0.15, 0.2) is 0 Å². The molecule has 1 saturated carbocycles. The van der Waals surface area contributed by atoms with Crippen LogP contribution in [0.2, 0.25) is 0 Å². The van der Waals surface area contributed by atoms with Gasteiger partial charge in [0, 0.05) is 12.0 Å². The van der Waals surface area contributed by atoms with Crippen molar-refractivity contribution in [3.8, 4) is 0 Å². The van der Waals surface area contributed by atoms with Crippen LogP contribution in [-0.4, -0.2) is 46.4 Å². The normalized spacial score (nSPS) is 17.0. The minimum Gasteiger partial charge on any atom is -0.480 e. The number of carbonyl (C=O) groups excluding carboxylic acids is 2. The molecule has 1 unspecified atom stereocenters. The summed E-state index contributed by atoms with van der Waals surface area (Å²) in [6, 6.07) is -0.908. The van der Waals surface area contributed by atoms with Crippen LogP contribution in [0.1, 0.15) is 46.5 Å². The van der Waals surface area contributed by atoms with Crippen molar-refractivity contribution in [1.82, 2.24) is 10.2 Å². The Morgan fingerprint density at radius 1 is 1.20 bits per heavy atom. The molecule has 0 spiro atoms. The maximum Gasteiger partial charge on any atom is 0.323 e. The largest absolute Gasteiger partial charge is 0.480 e. The molecule has 2 amide bonds. The fraction of sp³-hybridized carbons (Fsp3) is 0.786. The number of carboxylic acids is 1. The van der Waals surface area contributed by atoms with Crippen molar-refractivity contribution in [3.05, 3.63) is 0 Å². The average Bonchev–Trinajstić information content (AvgIpc) is 2.88. The van der Waals surface area contributed by atoms with E-state index in [1.54, 1.807) is 20.8 Å². The first kappa shape index (κ1) is 16.5. The second-order valence-electron chi connectivity index (χ2n) is 5.67. The fourth-order valence-corrected chi connectivity index (χ4v) is 2.49. The van der Waals surface area contributed by atoms with Crippen molar-refractivity contribution in [2.75, 3.05) is 6.54 Å². The Labute approximate surface area is 119 Å². The molecule has 6 nitrogen and oxygen atoms in total. The Kier molecular flexibility index (Phi) is 5.98. The third-order valence-electron chi connectivity index (χ3n) is 3.67. The molecule has 0 aliphatic heterocycles. The van der Waals surface area contributed by atoms with Crippen LogP contribution in [0.5, 0.6) is 0 Å². The lowest BCUT2D eigenvalue weighted by Crippen LogP contribution is -2.51. The maximum absolute atomic E-state index is 12.2. The molecule has 0 heterocycles. The minimum atomic E-state index is -1.05. The smallest absolute Gasteiger partial charge is 0.323 e. The van der Waals surface area contributed by atoms with E-state index in [0.29, 0.717) is 0 Å². The minimum absolute atomic E-state index is 0.00257. The topological polar surface area (TPSA) is 86.7 Å². The molecule has 0 saturated heterocycles. The quantitative estimate of drug-likeness (QED) is 0.762. The first-order valence-electron chi connectivity index (χ1n) is 7.15. The van der Waals surface area contributed by atoms with Gasteiger partial charge in [0.1, 0.15) is 12.6 Å². The Hall–Kier alpha value is -1.59. The summed E-state index contributed by atoms with van der Waals surface area (Å²) in [7, 11) is 0. The zero-order valence-corrected chi connectivity index (χ0v) is 12.4. The summed E-state index contributed by atoms with van der Waals surface area (Å²) in [6.07, 6.45) is 3.85. The highest BCUT2D eigenvalue weighted by molar-refractivity contribution is 5.90. The van der Waals surface area contributed by atoms with E-state index in [9.17, 15) is 14.4 Å². The van der Waals surface area contributed by atoms with E-state index in [-0.39, 0.29) is 30.3 Å². The molecule has 1 atom stereocenters. The molecule has 2 N–H and O–H groups in total. The molecule has 0 aromatic rings. The molecule has 1 fully saturated rings. The van der Waals surface area contributed by atoms with Crippen LogP contribution in [0.25, 0.3) is 0 Å². The second-order valence-corrected chi connectivity index (χ2v) is 5.67. The van der Waals surface area contributed by atoms with Gasteiger partial charge in [-0.25, -0.2) is 0 Å². The zero-order chi connectivity index (χ0) is 15.3. The van der Waals surface area contributed by atoms with Crippen LogP contribution < -0.4 is 5.32 Å². The molecule has 1 rings (SSSR count). The van der Waals surface area contributed by atoms with Gasteiger partial charge in [-0.05, 0) is 33.6 Å². The highest BCUT2D eigenvalue weighted by Gasteiger charge is 2.29. The van der Waals surface area contributed by atoms with Gasteiger partial charge in [0.05, 0.1) is 0 Å². The maximum atomic E-state index is 12.2. The van der Waals surface area contributed by atoms with E-state index >= 15 is 0 Å². The van der Waals surface area contributed by atoms with Gasteiger partial charge < -0.3 is 15.3 Å². The van der Waals surface area contributed by atoms with E-state index in [2.05, 4.69) is 5.32 Å². The number of carbonyl (C=O) groups is 3. The molecule has 114 valence electrons. The van der Waals surface area contributed by atoms with Gasteiger partial charge in [-0.1, -0.05) is 12.8 Å². The van der Waals surface area contributed by atoms with Crippen molar-refractivity contribution in [3.63, 3.8) is 0 Å². The molecule has 20 heavy (non-hydrogen) atoms. The Balaban J connectivity index is 2.59. The first-order chi connectivity index (χ1) is 9.32. The number of nitrogens with zero attached hydrogens (tertiary/aromatic N) is 1. The number of hydrogen-bond acceptors (Lipinski definition) is 3. The third kappa shape index (κ3) is 4.51. The molecule has 0 aromatic heterocycles. The molecule has 6 heteroatoms. The SMILES string of the molecule is CC(NC(=O)C1CCCC1)C(=O)N(CC(=O)O)C(C)C. The van der Waals surface area contributed by atoms with Crippen LogP contribution in [0, 0.1) is 5.92 Å². The van der Waals surface area contributed by atoms with Gasteiger partial charge in [-0.2, -0.15) is 0 Å². The van der Waals surface area contributed by atoms with E-state index < -0.39 is 12.0 Å². The van der Waals surface area contributed by atoms with E-state index in [1.807, 2.05) is 0 Å². The summed E-state index contributed by atoms with van der Waals surface area (Å²) in [6.45, 7) is 4.77. The van der Waals surface area contributed by atoms with E-state index in [4.69, 9.17) is 5.11 Å². The van der Waals surface area contributed by atoms with Crippen molar-refractivity contribution in [2.24, 2.45) is 5.92 Å². The predicted octanol–water partition coefficient (Wildman–Crippen LogP) is 1.00. The second kappa shape index (κ2) is 7.26. The predicted molar refractivity (Wildman–Crippen MR) is 74.0 cm³/mol. The summed E-state index contributed by atoms with van der Waals surface area (Å²) in [4.78, 5) is 36.3. The van der Waals surface area contributed by atoms with Crippen LogP contribution in [0.3, 0.4) is 0 Å². The van der Waals surface area contributed by atoms with Crippen molar-refractivity contribution >= 4 is 17.8 Å². The van der Waals surface area contributed by atoms with Crippen LogP contribution in [0.15, 0.2) is 0 Å². The highest BCUT2D eigenvalue weighted by Crippen LogP contribution is 2.24. The molecule has 0 aromatic carbocycles. The lowest BCUT2D eigenvalue weighted by Gasteiger charge is -2.28.